The highest BCUT2D eigenvalue weighted by Crippen LogP contribution is 2.36. The molecule has 0 radical (unpaired) electrons. The largest absolute Gasteiger partial charge is 0.367 e. The fraction of sp³-hybridized carbons (Fsp3) is 0.688. The topological polar surface area (TPSA) is 24.9 Å². The summed E-state index contributed by atoms with van der Waals surface area (Å²) >= 11 is 0. The minimum absolute atomic E-state index is 0.493. The lowest BCUT2D eigenvalue weighted by atomic mass is 9.75. The second-order valence-electron chi connectivity index (χ2n) is 6.76. The Bertz CT molecular complexity index is 437. The maximum Gasteiger partial charge on any atom is 0.126 e. The molecule has 0 saturated heterocycles. The lowest BCUT2D eigenvalue weighted by Crippen LogP contribution is -2.32. The molecule has 1 heterocycles. The fourth-order valence-corrected chi connectivity index (χ4v) is 3.53. The number of rotatable bonds is 2. The first-order valence-electron chi connectivity index (χ1n) is 7.38. The van der Waals surface area contributed by atoms with Crippen LogP contribution >= 0.6 is 0 Å². The van der Waals surface area contributed by atoms with Crippen molar-refractivity contribution in [2.75, 3.05) is 5.32 Å². The van der Waals surface area contributed by atoms with Crippen LogP contribution in [-0.2, 0) is 12.8 Å². The van der Waals surface area contributed by atoms with Gasteiger partial charge in [0.25, 0.3) is 0 Å². The molecule has 18 heavy (non-hydrogen) atoms. The first-order chi connectivity index (χ1) is 8.62. The number of pyridine rings is 1. The second kappa shape index (κ2) is 4.56. The summed E-state index contributed by atoms with van der Waals surface area (Å²) in [6.07, 6.45) is 8.94. The second-order valence-corrected chi connectivity index (χ2v) is 6.76. The van der Waals surface area contributed by atoms with E-state index in [1.165, 1.54) is 56.2 Å². The number of hydrogen-bond donors (Lipinski definition) is 1. The molecular formula is C16H24N2. The van der Waals surface area contributed by atoms with E-state index in [-0.39, 0.29) is 0 Å². The van der Waals surface area contributed by atoms with Gasteiger partial charge in [0.15, 0.2) is 0 Å². The highest BCUT2D eigenvalue weighted by molar-refractivity contribution is 5.41. The molecule has 3 rings (SSSR count). The van der Waals surface area contributed by atoms with Crippen LogP contribution in [0.4, 0.5) is 5.82 Å². The van der Waals surface area contributed by atoms with Gasteiger partial charge in [0.05, 0.1) is 0 Å². The Morgan fingerprint density at radius 3 is 2.94 bits per heavy atom. The van der Waals surface area contributed by atoms with E-state index in [4.69, 9.17) is 4.98 Å². The van der Waals surface area contributed by atoms with Crippen LogP contribution in [0.25, 0.3) is 0 Å². The minimum atomic E-state index is 0.493. The Balaban J connectivity index is 1.69. The number of fused-ring (bicyclic) bond motifs is 1. The Kier molecular flexibility index (Phi) is 3.04. The van der Waals surface area contributed by atoms with Gasteiger partial charge in [0, 0.05) is 11.7 Å². The van der Waals surface area contributed by atoms with E-state index in [1.54, 1.807) is 0 Å². The van der Waals surface area contributed by atoms with E-state index in [0.717, 1.165) is 5.82 Å². The van der Waals surface area contributed by atoms with E-state index in [1.807, 2.05) is 0 Å². The van der Waals surface area contributed by atoms with Gasteiger partial charge in [-0.15, -0.1) is 0 Å². The zero-order valence-electron chi connectivity index (χ0n) is 11.6. The lowest BCUT2D eigenvalue weighted by Gasteiger charge is -2.35. The van der Waals surface area contributed by atoms with Crippen molar-refractivity contribution in [1.29, 1.82) is 0 Å². The predicted molar refractivity (Wildman–Crippen MR) is 75.9 cm³/mol. The van der Waals surface area contributed by atoms with Gasteiger partial charge in [-0.1, -0.05) is 26.3 Å². The Hall–Kier alpha value is -1.05. The van der Waals surface area contributed by atoms with Crippen molar-refractivity contribution in [3.8, 4) is 0 Å². The SMILES string of the molecule is CC1(C)CCCC(Nc2ccc3c(n2)CCC3)C1. The molecule has 0 spiro atoms. The molecule has 2 heteroatoms. The van der Waals surface area contributed by atoms with Crippen molar-refractivity contribution in [2.45, 2.75) is 64.8 Å². The van der Waals surface area contributed by atoms with Crippen LogP contribution in [0.15, 0.2) is 12.1 Å². The van der Waals surface area contributed by atoms with Crippen LogP contribution in [0.2, 0.25) is 0 Å². The van der Waals surface area contributed by atoms with Crippen molar-refractivity contribution in [3.63, 3.8) is 0 Å². The zero-order chi connectivity index (χ0) is 12.6. The molecule has 1 aromatic heterocycles. The van der Waals surface area contributed by atoms with Gasteiger partial charge >= 0.3 is 0 Å². The van der Waals surface area contributed by atoms with Gasteiger partial charge < -0.3 is 5.32 Å². The van der Waals surface area contributed by atoms with Crippen molar-refractivity contribution in [3.05, 3.63) is 23.4 Å². The highest BCUT2D eigenvalue weighted by atomic mass is 15.0. The van der Waals surface area contributed by atoms with Gasteiger partial charge in [-0.2, -0.15) is 0 Å². The van der Waals surface area contributed by atoms with Crippen LogP contribution in [-0.4, -0.2) is 11.0 Å². The molecule has 1 N–H and O–H groups in total. The van der Waals surface area contributed by atoms with E-state index in [0.29, 0.717) is 11.5 Å². The first-order valence-corrected chi connectivity index (χ1v) is 7.38. The van der Waals surface area contributed by atoms with Gasteiger partial charge in [-0.05, 0) is 55.6 Å². The molecule has 1 unspecified atom stereocenters. The molecule has 0 bridgehead atoms. The summed E-state index contributed by atoms with van der Waals surface area (Å²) < 4.78 is 0. The van der Waals surface area contributed by atoms with Gasteiger partial charge in [0.2, 0.25) is 0 Å². The summed E-state index contributed by atoms with van der Waals surface area (Å²) in [4.78, 5) is 4.78. The molecule has 1 aromatic rings. The number of nitrogens with one attached hydrogen (secondary N) is 1. The number of nitrogens with zero attached hydrogens (tertiary/aromatic N) is 1. The summed E-state index contributed by atoms with van der Waals surface area (Å²) in [7, 11) is 0. The molecule has 98 valence electrons. The maximum atomic E-state index is 4.78. The number of hydrogen-bond acceptors (Lipinski definition) is 2. The molecule has 0 amide bonds. The molecule has 0 aromatic carbocycles. The predicted octanol–water partition coefficient (Wildman–Crippen LogP) is 3.95. The number of aromatic nitrogens is 1. The molecule has 2 nitrogen and oxygen atoms in total. The minimum Gasteiger partial charge on any atom is -0.367 e. The summed E-state index contributed by atoms with van der Waals surface area (Å²) in [6, 6.07) is 5.05. The van der Waals surface area contributed by atoms with Gasteiger partial charge in [-0.25, -0.2) is 4.98 Å². The summed E-state index contributed by atoms with van der Waals surface area (Å²) in [5, 5.41) is 3.66. The molecule has 2 aliphatic carbocycles. The maximum absolute atomic E-state index is 4.78. The summed E-state index contributed by atoms with van der Waals surface area (Å²) in [5.41, 5.74) is 3.28. The van der Waals surface area contributed by atoms with E-state index in [9.17, 15) is 0 Å². The standard InChI is InChI=1S/C16H24N2/c1-16(2)10-4-6-13(11-16)17-15-9-8-12-5-3-7-14(12)18-15/h8-9,13H,3-7,10-11H2,1-2H3,(H,17,18). The molecular weight excluding hydrogens is 220 g/mol. The van der Waals surface area contributed by atoms with Crippen molar-refractivity contribution >= 4 is 5.82 Å². The third kappa shape index (κ3) is 2.52. The highest BCUT2D eigenvalue weighted by Gasteiger charge is 2.28. The van der Waals surface area contributed by atoms with Crippen LogP contribution < -0.4 is 5.32 Å². The third-order valence-electron chi connectivity index (χ3n) is 4.49. The zero-order valence-corrected chi connectivity index (χ0v) is 11.6. The molecule has 1 atom stereocenters. The average Bonchev–Trinajstić information content (AvgIpc) is 2.74. The third-order valence-corrected chi connectivity index (χ3v) is 4.49. The number of aryl methyl sites for hydroxylation is 2. The molecule has 1 fully saturated rings. The normalized spacial score (nSPS) is 25.8. The fourth-order valence-electron chi connectivity index (χ4n) is 3.53. The first kappa shape index (κ1) is 12.0. The quantitative estimate of drug-likeness (QED) is 0.852. The van der Waals surface area contributed by atoms with E-state index in [2.05, 4.69) is 31.3 Å². The molecule has 2 aliphatic rings. The van der Waals surface area contributed by atoms with Crippen LogP contribution in [0.5, 0.6) is 0 Å². The van der Waals surface area contributed by atoms with Crippen LogP contribution in [0.3, 0.4) is 0 Å². The van der Waals surface area contributed by atoms with Crippen molar-refractivity contribution in [1.82, 2.24) is 4.98 Å². The van der Waals surface area contributed by atoms with Gasteiger partial charge in [0.1, 0.15) is 5.82 Å². The average molecular weight is 244 g/mol. The van der Waals surface area contributed by atoms with E-state index < -0.39 is 0 Å². The lowest BCUT2D eigenvalue weighted by molar-refractivity contribution is 0.229. The van der Waals surface area contributed by atoms with Crippen molar-refractivity contribution < 1.29 is 0 Å². The van der Waals surface area contributed by atoms with Crippen LogP contribution in [0.1, 0.15) is 57.2 Å². The Morgan fingerprint density at radius 2 is 2.11 bits per heavy atom. The van der Waals surface area contributed by atoms with E-state index >= 15 is 0 Å². The van der Waals surface area contributed by atoms with Crippen LogP contribution in [0, 0.1) is 5.41 Å². The summed E-state index contributed by atoms with van der Waals surface area (Å²) in [6.45, 7) is 4.77. The van der Waals surface area contributed by atoms with Gasteiger partial charge in [-0.3, -0.25) is 0 Å². The molecule has 0 aliphatic heterocycles. The Labute approximate surface area is 110 Å². The summed E-state index contributed by atoms with van der Waals surface area (Å²) in [5.74, 6) is 1.10. The number of anilines is 1. The Morgan fingerprint density at radius 1 is 1.22 bits per heavy atom. The van der Waals surface area contributed by atoms with Crippen molar-refractivity contribution in [2.24, 2.45) is 5.41 Å². The monoisotopic (exact) mass is 244 g/mol. The molecule has 1 saturated carbocycles. The smallest absolute Gasteiger partial charge is 0.126 e.